The van der Waals surface area contributed by atoms with Crippen LogP contribution in [0.5, 0.6) is 0 Å². The Balaban J connectivity index is 1.41. The molecule has 0 saturated heterocycles. The molecule has 4 aromatic rings. The summed E-state index contributed by atoms with van der Waals surface area (Å²) in [5.74, 6) is -1.78. The molecule has 0 aliphatic heterocycles. The third-order valence-electron chi connectivity index (χ3n) is 5.99. The van der Waals surface area contributed by atoms with Crippen molar-refractivity contribution in [1.29, 1.82) is 0 Å². The molecule has 3 N–H and O–H groups in total. The molecule has 6 nitrogen and oxygen atoms in total. The number of halogens is 2. The van der Waals surface area contributed by atoms with Crippen LogP contribution in [0.1, 0.15) is 23.6 Å². The summed E-state index contributed by atoms with van der Waals surface area (Å²) in [4.78, 5) is 13.9. The second kappa shape index (κ2) is 12.7. The van der Waals surface area contributed by atoms with Gasteiger partial charge in [0.2, 0.25) is 5.91 Å². The van der Waals surface area contributed by atoms with Gasteiger partial charge in [0.05, 0.1) is 17.0 Å². The number of aliphatic hydroxyl groups is 1. The lowest BCUT2D eigenvalue weighted by molar-refractivity contribution is -0.123. The van der Waals surface area contributed by atoms with Gasteiger partial charge in [-0.25, -0.2) is 8.78 Å². The van der Waals surface area contributed by atoms with Gasteiger partial charge < -0.3 is 15.7 Å². The summed E-state index contributed by atoms with van der Waals surface area (Å²) in [6.45, 7) is 2.76. The third-order valence-corrected chi connectivity index (χ3v) is 6.88. The van der Waals surface area contributed by atoms with Gasteiger partial charge in [-0.3, -0.25) is 9.48 Å². The number of hydrogen-bond donors (Lipinski definition) is 3. The van der Waals surface area contributed by atoms with Gasteiger partial charge in [-0.15, -0.1) is 11.3 Å². The van der Waals surface area contributed by atoms with Crippen LogP contribution in [0.15, 0.2) is 72.2 Å². The summed E-state index contributed by atoms with van der Waals surface area (Å²) >= 11 is 1.56. The van der Waals surface area contributed by atoms with E-state index in [0.29, 0.717) is 12.1 Å². The Morgan fingerprint density at radius 1 is 1.05 bits per heavy atom. The minimum Gasteiger partial charge on any atom is -0.390 e. The molecule has 2 heterocycles. The Kier molecular flexibility index (Phi) is 9.16. The maximum absolute atomic E-state index is 13.8. The molecule has 37 heavy (non-hydrogen) atoms. The van der Waals surface area contributed by atoms with E-state index in [1.807, 2.05) is 35.7 Å². The maximum Gasteiger partial charge on any atom is 0.242 e. The minimum atomic E-state index is -0.996. The number of aryl methyl sites for hydroxylation is 1. The van der Waals surface area contributed by atoms with Crippen LogP contribution in [0.4, 0.5) is 8.78 Å². The number of amides is 1. The number of benzene rings is 2. The molecule has 194 valence electrons. The number of hydrogen-bond acceptors (Lipinski definition) is 5. The lowest BCUT2D eigenvalue weighted by Gasteiger charge is -2.25. The molecular formula is C28H30F2N4O2S. The first-order chi connectivity index (χ1) is 17.9. The summed E-state index contributed by atoms with van der Waals surface area (Å²) < 4.78 is 29.1. The topological polar surface area (TPSA) is 79.2 Å². The van der Waals surface area contributed by atoms with Crippen LogP contribution < -0.4 is 10.6 Å². The van der Waals surface area contributed by atoms with Crippen molar-refractivity contribution in [3.8, 4) is 10.6 Å². The highest BCUT2D eigenvalue weighted by molar-refractivity contribution is 7.13. The highest BCUT2D eigenvalue weighted by atomic mass is 32.1. The van der Waals surface area contributed by atoms with E-state index in [2.05, 4.69) is 34.8 Å². The molecule has 0 aliphatic carbocycles. The minimum absolute atomic E-state index is 0.0522. The highest BCUT2D eigenvalue weighted by Crippen LogP contribution is 2.22. The monoisotopic (exact) mass is 524 g/mol. The fourth-order valence-corrected chi connectivity index (χ4v) is 4.83. The molecule has 0 fully saturated rings. The number of aliphatic hydroxyl groups excluding tert-OH is 1. The number of aromatic nitrogens is 2. The van der Waals surface area contributed by atoms with Crippen LogP contribution in [-0.4, -0.2) is 39.5 Å². The van der Waals surface area contributed by atoms with Crippen LogP contribution in [0.2, 0.25) is 0 Å². The predicted octanol–water partition coefficient (Wildman–Crippen LogP) is 4.33. The van der Waals surface area contributed by atoms with Crippen LogP contribution in [0, 0.1) is 11.6 Å². The zero-order valence-electron chi connectivity index (χ0n) is 20.5. The van der Waals surface area contributed by atoms with Crippen molar-refractivity contribution in [2.24, 2.45) is 0 Å². The Labute approximate surface area is 219 Å². The van der Waals surface area contributed by atoms with E-state index < -0.39 is 23.8 Å². The van der Waals surface area contributed by atoms with Crippen LogP contribution in [0.3, 0.4) is 0 Å². The molecule has 1 amide bonds. The number of thiophene rings is 1. The average molecular weight is 525 g/mol. The van der Waals surface area contributed by atoms with Gasteiger partial charge in [0.25, 0.3) is 0 Å². The van der Waals surface area contributed by atoms with E-state index >= 15 is 0 Å². The van der Waals surface area contributed by atoms with E-state index in [9.17, 15) is 18.7 Å². The van der Waals surface area contributed by atoms with Crippen molar-refractivity contribution in [1.82, 2.24) is 20.4 Å². The molecule has 0 radical (unpaired) electrons. The molecule has 0 unspecified atom stereocenters. The van der Waals surface area contributed by atoms with Gasteiger partial charge in [0.1, 0.15) is 23.9 Å². The Bertz CT molecular complexity index is 1290. The third kappa shape index (κ3) is 7.79. The number of carbonyl (C=O) groups excluding carboxylic acids is 1. The van der Waals surface area contributed by atoms with Crippen LogP contribution in [0.25, 0.3) is 10.6 Å². The van der Waals surface area contributed by atoms with Gasteiger partial charge in [0, 0.05) is 25.4 Å². The van der Waals surface area contributed by atoms with Crippen molar-refractivity contribution in [3.63, 3.8) is 0 Å². The Hall–Kier alpha value is -3.40. The van der Waals surface area contributed by atoms with Crippen molar-refractivity contribution in [2.45, 2.75) is 45.0 Å². The largest absolute Gasteiger partial charge is 0.390 e. The number of carbonyl (C=O) groups is 1. The summed E-state index contributed by atoms with van der Waals surface area (Å²) in [5.41, 5.74) is 3.42. The first-order valence-corrected chi connectivity index (χ1v) is 13.1. The number of rotatable bonds is 12. The molecule has 0 aliphatic rings. The predicted molar refractivity (Wildman–Crippen MR) is 141 cm³/mol. The molecular weight excluding hydrogens is 494 g/mol. The quantitative estimate of drug-likeness (QED) is 0.258. The van der Waals surface area contributed by atoms with Gasteiger partial charge in [-0.2, -0.15) is 5.10 Å². The second-order valence-electron chi connectivity index (χ2n) is 8.90. The fourth-order valence-electron chi connectivity index (χ4n) is 4.14. The number of nitrogens with one attached hydrogen (secondary N) is 2. The molecule has 2 aromatic heterocycles. The summed E-state index contributed by atoms with van der Waals surface area (Å²) in [7, 11) is 0. The molecule has 2 atom stereocenters. The second-order valence-corrected chi connectivity index (χ2v) is 9.85. The van der Waals surface area contributed by atoms with E-state index in [-0.39, 0.29) is 25.4 Å². The molecule has 2 aromatic carbocycles. The molecule has 0 saturated carbocycles. The molecule has 0 spiro atoms. The van der Waals surface area contributed by atoms with Gasteiger partial charge >= 0.3 is 0 Å². The van der Waals surface area contributed by atoms with Gasteiger partial charge in [0.15, 0.2) is 0 Å². The van der Waals surface area contributed by atoms with Crippen molar-refractivity contribution in [2.75, 3.05) is 6.54 Å². The SMILES string of the molecule is CCc1cccc(CNC[C@@H](O)[C@@H](Cc2cc(F)cc(F)c2)NC(=O)Cn2ccc(-c3cccs3)n2)c1. The fraction of sp³-hybridized carbons (Fsp3) is 0.286. The molecule has 9 heteroatoms. The van der Waals surface area contributed by atoms with Crippen molar-refractivity contribution in [3.05, 3.63) is 101 Å². The van der Waals surface area contributed by atoms with E-state index in [1.54, 1.807) is 17.5 Å². The van der Waals surface area contributed by atoms with Crippen molar-refractivity contribution >= 4 is 17.2 Å². The summed E-state index contributed by atoms with van der Waals surface area (Å²) in [5, 5.41) is 23.4. The zero-order chi connectivity index (χ0) is 26.2. The first kappa shape index (κ1) is 26.7. The Morgan fingerprint density at radius 2 is 1.84 bits per heavy atom. The standard InChI is InChI=1S/C28H30F2N4O2S/c1-2-19-5-3-6-20(11-19)16-31-17-26(35)25(14-21-12-22(29)15-23(30)13-21)32-28(36)18-34-9-8-24(33-34)27-7-4-10-37-27/h3-13,15,25-26,31,35H,2,14,16-18H2,1H3,(H,32,36)/t25-,26-/m1/s1. The van der Waals surface area contributed by atoms with Crippen LogP contribution >= 0.6 is 11.3 Å². The smallest absolute Gasteiger partial charge is 0.242 e. The average Bonchev–Trinajstić information content (AvgIpc) is 3.55. The summed E-state index contributed by atoms with van der Waals surface area (Å²) in [6.07, 6.45) is 1.71. The van der Waals surface area contributed by atoms with Crippen molar-refractivity contribution < 1.29 is 18.7 Å². The van der Waals surface area contributed by atoms with E-state index in [0.717, 1.165) is 28.6 Å². The lowest BCUT2D eigenvalue weighted by atomic mass is 10.0. The van der Waals surface area contributed by atoms with E-state index in [1.165, 1.54) is 22.4 Å². The van der Waals surface area contributed by atoms with Gasteiger partial charge in [-0.1, -0.05) is 37.3 Å². The molecule has 4 rings (SSSR count). The van der Waals surface area contributed by atoms with Crippen LogP contribution in [-0.2, 0) is 30.7 Å². The zero-order valence-corrected chi connectivity index (χ0v) is 21.3. The maximum atomic E-state index is 13.8. The molecule has 0 bridgehead atoms. The summed E-state index contributed by atoms with van der Waals surface area (Å²) in [6, 6.07) is 16.3. The lowest BCUT2D eigenvalue weighted by Crippen LogP contribution is -2.49. The van der Waals surface area contributed by atoms with E-state index in [4.69, 9.17) is 0 Å². The number of nitrogens with zero attached hydrogens (tertiary/aromatic N) is 2. The first-order valence-electron chi connectivity index (χ1n) is 12.2. The van der Waals surface area contributed by atoms with Gasteiger partial charge in [-0.05, 0) is 59.2 Å². The Morgan fingerprint density at radius 3 is 2.57 bits per heavy atom. The normalized spacial score (nSPS) is 12.9. The highest BCUT2D eigenvalue weighted by Gasteiger charge is 2.23.